The van der Waals surface area contributed by atoms with Crippen LogP contribution in [0.3, 0.4) is 0 Å². The molecule has 0 unspecified atom stereocenters. The van der Waals surface area contributed by atoms with Gasteiger partial charge in [0.05, 0.1) is 24.6 Å². The van der Waals surface area contributed by atoms with Crippen molar-refractivity contribution in [2.24, 2.45) is 4.99 Å². The van der Waals surface area contributed by atoms with E-state index in [0.717, 1.165) is 28.1 Å². The smallest absolute Gasteiger partial charge is 0.184 e. The molecule has 0 aliphatic carbocycles. The first kappa shape index (κ1) is 15.8. The summed E-state index contributed by atoms with van der Waals surface area (Å²) in [4.78, 5) is 4.94. The van der Waals surface area contributed by atoms with Crippen LogP contribution in [-0.4, -0.2) is 18.9 Å². The van der Waals surface area contributed by atoms with Gasteiger partial charge >= 0.3 is 0 Å². The van der Waals surface area contributed by atoms with Gasteiger partial charge in [0.25, 0.3) is 0 Å². The maximum absolute atomic E-state index is 5.60. The van der Waals surface area contributed by atoms with E-state index >= 15 is 0 Å². The molecule has 1 aliphatic rings. The number of ether oxygens (including phenoxy) is 2. The molecular weight excluding hydrogens is 310 g/mol. The van der Waals surface area contributed by atoms with E-state index in [0.29, 0.717) is 13.2 Å². The fourth-order valence-corrected chi connectivity index (χ4v) is 2.91. The molecule has 25 heavy (non-hydrogen) atoms. The molecular formula is C22H19NO2. The SMILES string of the molecule is c1ccc(C(=Nc2cccc(C3OCCO3)c2)c2ccccc2)cc1. The van der Waals surface area contributed by atoms with Crippen molar-refractivity contribution in [2.75, 3.05) is 13.2 Å². The summed E-state index contributed by atoms with van der Waals surface area (Å²) < 4.78 is 11.2. The quantitative estimate of drug-likeness (QED) is 0.637. The normalized spacial score (nSPS) is 14.4. The molecule has 4 rings (SSSR count). The minimum atomic E-state index is -0.285. The number of aliphatic imine (C=N–C) groups is 1. The molecule has 0 radical (unpaired) electrons. The lowest BCUT2D eigenvalue weighted by atomic mass is 10.0. The van der Waals surface area contributed by atoms with Crippen molar-refractivity contribution < 1.29 is 9.47 Å². The summed E-state index contributed by atoms with van der Waals surface area (Å²) in [6.45, 7) is 1.27. The minimum absolute atomic E-state index is 0.285. The van der Waals surface area contributed by atoms with Crippen LogP contribution in [0.5, 0.6) is 0 Å². The van der Waals surface area contributed by atoms with Crippen LogP contribution in [0.2, 0.25) is 0 Å². The summed E-state index contributed by atoms with van der Waals surface area (Å²) in [6.07, 6.45) is -0.285. The van der Waals surface area contributed by atoms with Crippen molar-refractivity contribution in [3.05, 3.63) is 102 Å². The minimum Gasteiger partial charge on any atom is -0.346 e. The highest BCUT2D eigenvalue weighted by Crippen LogP contribution is 2.27. The predicted molar refractivity (Wildman–Crippen MR) is 99.3 cm³/mol. The van der Waals surface area contributed by atoms with Gasteiger partial charge in [-0.1, -0.05) is 72.8 Å². The lowest BCUT2D eigenvalue weighted by molar-refractivity contribution is -0.0440. The molecule has 3 aromatic carbocycles. The van der Waals surface area contributed by atoms with Crippen molar-refractivity contribution >= 4 is 11.4 Å². The lowest BCUT2D eigenvalue weighted by Gasteiger charge is -2.11. The second kappa shape index (κ2) is 7.43. The fraction of sp³-hybridized carbons (Fsp3) is 0.136. The number of hydrogen-bond acceptors (Lipinski definition) is 3. The lowest BCUT2D eigenvalue weighted by Crippen LogP contribution is -2.03. The molecule has 1 heterocycles. The Kier molecular flexibility index (Phi) is 4.68. The van der Waals surface area contributed by atoms with Gasteiger partial charge in [-0.3, -0.25) is 0 Å². The average molecular weight is 329 g/mol. The Balaban J connectivity index is 1.76. The summed E-state index contributed by atoms with van der Waals surface area (Å²) in [6, 6.07) is 28.5. The largest absolute Gasteiger partial charge is 0.346 e. The van der Waals surface area contributed by atoms with Crippen LogP contribution in [0.25, 0.3) is 0 Å². The Morgan fingerprint density at radius 2 is 1.32 bits per heavy atom. The van der Waals surface area contributed by atoms with Crippen LogP contribution >= 0.6 is 0 Å². The molecule has 0 saturated carbocycles. The zero-order valence-electron chi connectivity index (χ0n) is 13.8. The van der Waals surface area contributed by atoms with Crippen LogP contribution in [0.1, 0.15) is 23.0 Å². The molecule has 124 valence electrons. The van der Waals surface area contributed by atoms with Gasteiger partial charge in [-0.15, -0.1) is 0 Å². The van der Waals surface area contributed by atoms with E-state index in [-0.39, 0.29) is 6.29 Å². The van der Waals surface area contributed by atoms with Crippen molar-refractivity contribution in [2.45, 2.75) is 6.29 Å². The van der Waals surface area contributed by atoms with Crippen molar-refractivity contribution in [1.82, 2.24) is 0 Å². The molecule has 0 spiro atoms. The van der Waals surface area contributed by atoms with Gasteiger partial charge in [0, 0.05) is 16.7 Å². The fourth-order valence-electron chi connectivity index (χ4n) is 2.91. The van der Waals surface area contributed by atoms with Gasteiger partial charge in [-0.25, -0.2) is 4.99 Å². The Labute approximate surface area is 147 Å². The summed E-state index contributed by atoms with van der Waals surface area (Å²) in [7, 11) is 0. The van der Waals surface area contributed by atoms with Crippen molar-refractivity contribution in [1.29, 1.82) is 0 Å². The second-order valence-corrected chi connectivity index (χ2v) is 5.86. The Bertz CT molecular complexity index is 812. The first-order valence-corrected chi connectivity index (χ1v) is 8.43. The summed E-state index contributed by atoms with van der Waals surface area (Å²) in [5.74, 6) is 0. The highest BCUT2D eigenvalue weighted by Gasteiger charge is 2.18. The number of rotatable bonds is 4. The zero-order chi connectivity index (χ0) is 16.9. The maximum Gasteiger partial charge on any atom is 0.184 e. The molecule has 1 aliphatic heterocycles. The maximum atomic E-state index is 5.60. The molecule has 0 N–H and O–H groups in total. The van der Waals surface area contributed by atoms with E-state index in [1.54, 1.807) is 0 Å². The number of nitrogens with zero attached hydrogens (tertiary/aromatic N) is 1. The Morgan fingerprint density at radius 3 is 1.92 bits per heavy atom. The van der Waals surface area contributed by atoms with Crippen molar-refractivity contribution in [3.63, 3.8) is 0 Å². The highest BCUT2D eigenvalue weighted by atomic mass is 16.7. The molecule has 3 heteroatoms. The third-order valence-corrected chi connectivity index (χ3v) is 4.10. The molecule has 3 aromatic rings. The zero-order valence-corrected chi connectivity index (χ0v) is 13.8. The third kappa shape index (κ3) is 3.68. The molecule has 3 nitrogen and oxygen atoms in total. The molecule has 1 saturated heterocycles. The van der Waals surface area contributed by atoms with E-state index in [1.807, 2.05) is 60.7 Å². The van der Waals surface area contributed by atoms with Gasteiger partial charge < -0.3 is 9.47 Å². The topological polar surface area (TPSA) is 30.8 Å². The van der Waals surface area contributed by atoms with Gasteiger partial charge in [-0.05, 0) is 12.1 Å². The van der Waals surface area contributed by atoms with Crippen LogP contribution in [0, 0.1) is 0 Å². The van der Waals surface area contributed by atoms with Gasteiger partial charge in [-0.2, -0.15) is 0 Å². The number of hydrogen-bond donors (Lipinski definition) is 0. The molecule has 0 bridgehead atoms. The highest BCUT2D eigenvalue weighted by molar-refractivity contribution is 6.13. The van der Waals surface area contributed by atoms with Crippen LogP contribution in [-0.2, 0) is 9.47 Å². The van der Waals surface area contributed by atoms with Crippen LogP contribution in [0.15, 0.2) is 89.9 Å². The summed E-state index contributed by atoms with van der Waals surface area (Å²) in [5.41, 5.74) is 5.02. The average Bonchev–Trinajstić information content (AvgIpc) is 3.23. The summed E-state index contributed by atoms with van der Waals surface area (Å²) >= 11 is 0. The first-order valence-electron chi connectivity index (χ1n) is 8.43. The monoisotopic (exact) mass is 329 g/mol. The van der Waals surface area contributed by atoms with Crippen molar-refractivity contribution in [3.8, 4) is 0 Å². The van der Waals surface area contributed by atoms with E-state index in [4.69, 9.17) is 14.5 Å². The van der Waals surface area contributed by atoms with Gasteiger partial charge in [0.15, 0.2) is 6.29 Å². The predicted octanol–water partition coefficient (Wildman–Crippen LogP) is 4.90. The van der Waals surface area contributed by atoms with E-state index in [2.05, 4.69) is 24.3 Å². The molecule has 0 aromatic heterocycles. The summed E-state index contributed by atoms with van der Waals surface area (Å²) in [5, 5.41) is 0. The van der Waals surface area contributed by atoms with E-state index in [9.17, 15) is 0 Å². The van der Waals surface area contributed by atoms with E-state index < -0.39 is 0 Å². The Hall–Kier alpha value is -2.75. The first-order chi connectivity index (χ1) is 12.4. The van der Waals surface area contributed by atoms with E-state index in [1.165, 1.54) is 0 Å². The van der Waals surface area contributed by atoms with Gasteiger partial charge in [0.2, 0.25) is 0 Å². The molecule has 0 atom stereocenters. The van der Waals surface area contributed by atoms with Crippen LogP contribution < -0.4 is 0 Å². The standard InChI is InChI=1S/C22H19NO2/c1-3-8-17(9-4-1)21(18-10-5-2-6-11-18)23-20-13-7-12-19(16-20)22-24-14-15-25-22/h1-13,16,22H,14-15H2. The van der Waals surface area contributed by atoms with Crippen LogP contribution in [0.4, 0.5) is 5.69 Å². The molecule has 1 fully saturated rings. The van der Waals surface area contributed by atoms with Gasteiger partial charge in [0.1, 0.15) is 0 Å². The third-order valence-electron chi connectivity index (χ3n) is 4.10. The Morgan fingerprint density at radius 1 is 0.720 bits per heavy atom. The second-order valence-electron chi connectivity index (χ2n) is 5.86. The number of benzene rings is 3. The molecule has 0 amide bonds.